The van der Waals surface area contributed by atoms with Gasteiger partial charge in [0.15, 0.2) is 0 Å². The molecule has 2 N–H and O–H groups in total. The monoisotopic (exact) mass is 260 g/mol. The van der Waals surface area contributed by atoms with Crippen LogP contribution >= 0.6 is 0 Å². The van der Waals surface area contributed by atoms with Crippen LogP contribution in [0.4, 0.5) is 11.4 Å². The molecule has 2 atom stereocenters. The number of carboxylic acids is 1. The number of hydrogen-bond acceptors (Lipinski definition) is 3. The van der Waals surface area contributed by atoms with Gasteiger partial charge in [0.25, 0.3) is 0 Å². The molecule has 1 aromatic rings. The predicted molar refractivity (Wildman–Crippen MR) is 71.6 cm³/mol. The Balaban J connectivity index is 2.16. The highest BCUT2D eigenvalue weighted by Crippen LogP contribution is 2.40. The van der Waals surface area contributed by atoms with Crippen LogP contribution in [0.5, 0.6) is 0 Å². The first-order chi connectivity index (χ1) is 9.09. The van der Waals surface area contributed by atoms with Crippen molar-refractivity contribution in [2.75, 3.05) is 16.8 Å². The second kappa shape index (κ2) is 4.26. The van der Waals surface area contributed by atoms with Crippen LogP contribution in [0.15, 0.2) is 18.2 Å². The molecule has 5 heteroatoms. The number of nitrogens with one attached hydrogen (secondary N) is 1. The minimum atomic E-state index is -0.954. The van der Waals surface area contributed by atoms with Gasteiger partial charge >= 0.3 is 5.97 Å². The quantitative estimate of drug-likeness (QED) is 0.809. The van der Waals surface area contributed by atoms with Crippen LogP contribution in [0.2, 0.25) is 0 Å². The maximum atomic E-state index is 12.2. The second-order valence-electron chi connectivity index (χ2n) is 5.25. The van der Waals surface area contributed by atoms with E-state index < -0.39 is 5.97 Å². The number of rotatable bonds is 1. The summed E-state index contributed by atoms with van der Waals surface area (Å²) in [4.78, 5) is 25.5. The van der Waals surface area contributed by atoms with Crippen molar-refractivity contribution in [1.82, 2.24) is 0 Å². The fraction of sp³-hybridized carbons (Fsp3) is 0.429. The summed E-state index contributed by atoms with van der Waals surface area (Å²) in [6.45, 7) is 2.78. The van der Waals surface area contributed by atoms with E-state index >= 15 is 0 Å². The van der Waals surface area contributed by atoms with Gasteiger partial charge in [-0.15, -0.1) is 0 Å². The third-order valence-corrected chi connectivity index (χ3v) is 4.01. The van der Waals surface area contributed by atoms with E-state index in [1.807, 2.05) is 11.8 Å². The summed E-state index contributed by atoms with van der Waals surface area (Å²) < 4.78 is 0. The predicted octanol–water partition coefficient (Wildman–Crippen LogP) is 1.94. The highest BCUT2D eigenvalue weighted by molar-refractivity contribution is 6.09. The SMILES string of the molecule is CC1CCCN2c3c(cccc3C(=O)O)NC(=O)C12. The molecule has 0 spiro atoms. The minimum absolute atomic E-state index is 0.0257. The molecule has 5 nitrogen and oxygen atoms in total. The Kier molecular flexibility index (Phi) is 2.69. The average molecular weight is 260 g/mol. The smallest absolute Gasteiger partial charge is 0.337 e. The lowest BCUT2D eigenvalue weighted by Crippen LogP contribution is -2.54. The van der Waals surface area contributed by atoms with Crippen LogP contribution < -0.4 is 10.2 Å². The van der Waals surface area contributed by atoms with E-state index in [1.54, 1.807) is 18.2 Å². The molecule has 1 fully saturated rings. The third kappa shape index (κ3) is 1.77. The first-order valence-corrected chi connectivity index (χ1v) is 6.53. The molecule has 0 saturated carbocycles. The first-order valence-electron chi connectivity index (χ1n) is 6.53. The fourth-order valence-electron chi connectivity index (χ4n) is 3.17. The highest BCUT2D eigenvalue weighted by Gasteiger charge is 2.40. The summed E-state index contributed by atoms with van der Waals surface area (Å²) >= 11 is 0. The van der Waals surface area contributed by atoms with Crippen molar-refractivity contribution in [2.45, 2.75) is 25.8 Å². The van der Waals surface area contributed by atoms with Crippen molar-refractivity contribution in [3.8, 4) is 0 Å². The van der Waals surface area contributed by atoms with Gasteiger partial charge in [0.05, 0.1) is 16.9 Å². The molecule has 2 aliphatic rings. The van der Waals surface area contributed by atoms with Crippen LogP contribution in [0.3, 0.4) is 0 Å². The van der Waals surface area contributed by atoms with Crippen LogP contribution in [-0.2, 0) is 4.79 Å². The van der Waals surface area contributed by atoms with Crippen molar-refractivity contribution in [1.29, 1.82) is 0 Å². The molecule has 0 aromatic heterocycles. The lowest BCUT2D eigenvalue weighted by molar-refractivity contribution is -0.119. The zero-order valence-electron chi connectivity index (χ0n) is 10.7. The Bertz CT molecular complexity index is 556. The van der Waals surface area contributed by atoms with Gasteiger partial charge in [0, 0.05) is 6.54 Å². The van der Waals surface area contributed by atoms with Gasteiger partial charge < -0.3 is 15.3 Å². The van der Waals surface area contributed by atoms with Gasteiger partial charge in [-0.2, -0.15) is 0 Å². The first kappa shape index (κ1) is 12.0. The minimum Gasteiger partial charge on any atom is -0.478 e. The molecule has 2 unspecified atom stereocenters. The number of hydrogen-bond donors (Lipinski definition) is 2. The van der Waals surface area contributed by atoms with E-state index in [0.717, 1.165) is 19.4 Å². The number of anilines is 2. The number of amides is 1. The van der Waals surface area contributed by atoms with Gasteiger partial charge in [-0.05, 0) is 30.9 Å². The zero-order chi connectivity index (χ0) is 13.6. The van der Waals surface area contributed by atoms with Crippen LogP contribution in [0, 0.1) is 5.92 Å². The molecule has 100 valence electrons. The molecule has 1 saturated heterocycles. The van der Waals surface area contributed by atoms with Gasteiger partial charge in [-0.3, -0.25) is 4.79 Å². The maximum absolute atomic E-state index is 12.2. The molecule has 0 radical (unpaired) electrons. The lowest BCUT2D eigenvalue weighted by atomic mass is 9.87. The van der Waals surface area contributed by atoms with Gasteiger partial charge in [-0.25, -0.2) is 4.79 Å². The van der Waals surface area contributed by atoms with Crippen LogP contribution in [0.1, 0.15) is 30.1 Å². The number of carboxylic acid groups (broad SMARTS) is 1. The molecule has 3 rings (SSSR count). The second-order valence-corrected chi connectivity index (χ2v) is 5.25. The Morgan fingerprint density at radius 2 is 2.26 bits per heavy atom. The van der Waals surface area contributed by atoms with E-state index in [9.17, 15) is 14.7 Å². The zero-order valence-corrected chi connectivity index (χ0v) is 10.7. The summed E-state index contributed by atoms with van der Waals surface area (Å²) in [5, 5.41) is 12.2. The molecule has 2 aliphatic heterocycles. The Hall–Kier alpha value is -2.04. The number of para-hydroxylation sites is 1. The highest BCUT2D eigenvalue weighted by atomic mass is 16.4. The summed E-state index contributed by atoms with van der Waals surface area (Å²) in [6.07, 6.45) is 1.98. The van der Waals surface area contributed by atoms with Crippen molar-refractivity contribution in [3.63, 3.8) is 0 Å². The van der Waals surface area contributed by atoms with Crippen molar-refractivity contribution >= 4 is 23.3 Å². The normalized spacial score (nSPS) is 25.3. The Morgan fingerprint density at radius 1 is 1.47 bits per heavy atom. The number of aromatic carboxylic acids is 1. The third-order valence-electron chi connectivity index (χ3n) is 4.01. The molecule has 1 amide bonds. The van der Waals surface area contributed by atoms with Gasteiger partial charge in [0.1, 0.15) is 6.04 Å². The number of nitrogens with zero attached hydrogens (tertiary/aromatic N) is 1. The standard InChI is InChI=1S/C14H16N2O3/c1-8-4-3-7-16-11(8)13(17)15-10-6-2-5-9(12(10)16)14(18)19/h2,5-6,8,11H,3-4,7H2,1H3,(H,15,17)(H,18,19). The van der Waals surface area contributed by atoms with Crippen molar-refractivity contribution < 1.29 is 14.7 Å². The molecular weight excluding hydrogens is 244 g/mol. The molecule has 1 aromatic carbocycles. The van der Waals surface area contributed by atoms with E-state index in [1.165, 1.54) is 0 Å². The topological polar surface area (TPSA) is 69.6 Å². The molecule has 0 aliphatic carbocycles. The van der Waals surface area contributed by atoms with Crippen LogP contribution in [0.25, 0.3) is 0 Å². The van der Waals surface area contributed by atoms with E-state index in [4.69, 9.17) is 0 Å². The van der Waals surface area contributed by atoms with Crippen molar-refractivity contribution in [2.24, 2.45) is 5.92 Å². The number of fused-ring (bicyclic) bond motifs is 3. The Morgan fingerprint density at radius 3 is 3.00 bits per heavy atom. The molecule has 2 heterocycles. The van der Waals surface area contributed by atoms with E-state index in [0.29, 0.717) is 11.4 Å². The number of carbonyl (C=O) groups is 2. The lowest BCUT2D eigenvalue weighted by Gasteiger charge is -2.44. The van der Waals surface area contributed by atoms with Crippen LogP contribution in [-0.4, -0.2) is 29.6 Å². The summed E-state index contributed by atoms with van der Waals surface area (Å²) in [6, 6.07) is 4.77. The Labute approximate surface area is 111 Å². The maximum Gasteiger partial charge on any atom is 0.337 e. The largest absolute Gasteiger partial charge is 0.478 e. The molecular formula is C14H16N2O3. The van der Waals surface area contributed by atoms with Crippen molar-refractivity contribution in [3.05, 3.63) is 23.8 Å². The van der Waals surface area contributed by atoms with E-state index in [2.05, 4.69) is 5.32 Å². The number of carbonyl (C=O) groups excluding carboxylic acids is 1. The summed E-state index contributed by atoms with van der Waals surface area (Å²) in [5.74, 6) is -0.740. The number of benzene rings is 1. The average Bonchev–Trinajstić information content (AvgIpc) is 2.37. The molecule has 0 bridgehead atoms. The number of piperidine rings is 1. The summed E-state index contributed by atoms with van der Waals surface area (Å²) in [5.41, 5.74) is 1.53. The van der Waals surface area contributed by atoms with E-state index in [-0.39, 0.29) is 23.4 Å². The fourth-order valence-corrected chi connectivity index (χ4v) is 3.17. The van der Waals surface area contributed by atoms with Gasteiger partial charge in [0.2, 0.25) is 5.91 Å². The van der Waals surface area contributed by atoms with Gasteiger partial charge in [-0.1, -0.05) is 13.0 Å². The molecule has 19 heavy (non-hydrogen) atoms. The summed E-state index contributed by atoms with van der Waals surface area (Å²) in [7, 11) is 0.